The standard InChI is InChI=1S/C17H19N3O/c21-17(20-12-16-7-4-8-19-16)15-9-14(10-18-11-15)13-5-2-1-3-6-13/h1-3,5-6,9-11,16,19H,4,7-8,12H2,(H,20,21). The van der Waals surface area contributed by atoms with Crippen molar-refractivity contribution >= 4 is 5.91 Å². The Morgan fingerprint density at radius 2 is 2.10 bits per heavy atom. The molecule has 2 N–H and O–H groups in total. The molecule has 0 saturated carbocycles. The van der Waals surface area contributed by atoms with Crippen molar-refractivity contribution in [3.63, 3.8) is 0 Å². The van der Waals surface area contributed by atoms with Gasteiger partial charge in [0, 0.05) is 30.5 Å². The van der Waals surface area contributed by atoms with Crippen LogP contribution in [-0.2, 0) is 0 Å². The van der Waals surface area contributed by atoms with E-state index in [-0.39, 0.29) is 5.91 Å². The fourth-order valence-electron chi connectivity index (χ4n) is 2.60. The van der Waals surface area contributed by atoms with E-state index in [4.69, 9.17) is 0 Å². The summed E-state index contributed by atoms with van der Waals surface area (Å²) in [6.45, 7) is 1.72. The van der Waals surface area contributed by atoms with Crippen LogP contribution in [0.5, 0.6) is 0 Å². The fourth-order valence-corrected chi connectivity index (χ4v) is 2.60. The summed E-state index contributed by atoms with van der Waals surface area (Å²) < 4.78 is 0. The van der Waals surface area contributed by atoms with E-state index in [0.717, 1.165) is 24.1 Å². The van der Waals surface area contributed by atoms with Crippen molar-refractivity contribution in [1.82, 2.24) is 15.6 Å². The van der Waals surface area contributed by atoms with Gasteiger partial charge in [0.2, 0.25) is 0 Å². The quantitative estimate of drug-likeness (QED) is 0.903. The molecule has 0 radical (unpaired) electrons. The normalized spacial score (nSPS) is 17.6. The summed E-state index contributed by atoms with van der Waals surface area (Å²) >= 11 is 0. The third-order valence-corrected chi connectivity index (χ3v) is 3.78. The van der Waals surface area contributed by atoms with E-state index in [1.165, 1.54) is 6.42 Å². The van der Waals surface area contributed by atoms with Crippen LogP contribution in [0.15, 0.2) is 48.8 Å². The van der Waals surface area contributed by atoms with Gasteiger partial charge in [0.05, 0.1) is 5.56 Å². The number of nitrogens with zero attached hydrogens (tertiary/aromatic N) is 1. The predicted molar refractivity (Wildman–Crippen MR) is 83.0 cm³/mol. The Labute approximate surface area is 124 Å². The SMILES string of the molecule is O=C(NCC1CCCN1)c1cncc(-c2ccccc2)c1. The zero-order valence-electron chi connectivity index (χ0n) is 11.9. The molecular weight excluding hydrogens is 262 g/mol. The number of carbonyl (C=O) groups excluding carboxylic acids is 1. The van der Waals surface area contributed by atoms with Crippen molar-refractivity contribution in [2.45, 2.75) is 18.9 Å². The highest BCUT2D eigenvalue weighted by Crippen LogP contribution is 2.18. The van der Waals surface area contributed by atoms with Crippen LogP contribution >= 0.6 is 0 Å². The summed E-state index contributed by atoms with van der Waals surface area (Å²) in [6, 6.07) is 12.3. The van der Waals surface area contributed by atoms with Gasteiger partial charge >= 0.3 is 0 Å². The van der Waals surface area contributed by atoms with Gasteiger partial charge in [-0.05, 0) is 31.0 Å². The Bertz CT molecular complexity index is 606. The summed E-state index contributed by atoms with van der Waals surface area (Å²) in [4.78, 5) is 16.4. The lowest BCUT2D eigenvalue weighted by molar-refractivity contribution is 0.0950. The number of aromatic nitrogens is 1. The maximum atomic E-state index is 12.2. The summed E-state index contributed by atoms with van der Waals surface area (Å²) in [5, 5.41) is 6.35. The first-order valence-electron chi connectivity index (χ1n) is 7.35. The van der Waals surface area contributed by atoms with E-state index in [1.807, 2.05) is 36.4 Å². The van der Waals surface area contributed by atoms with E-state index >= 15 is 0 Å². The molecule has 1 aliphatic rings. The molecule has 4 nitrogen and oxygen atoms in total. The molecule has 1 aromatic heterocycles. The third-order valence-electron chi connectivity index (χ3n) is 3.78. The molecule has 4 heteroatoms. The van der Waals surface area contributed by atoms with Crippen LogP contribution in [-0.4, -0.2) is 30.0 Å². The lowest BCUT2D eigenvalue weighted by Gasteiger charge is -2.11. The largest absolute Gasteiger partial charge is 0.350 e. The summed E-state index contributed by atoms with van der Waals surface area (Å²) in [5.74, 6) is -0.0611. The van der Waals surface area contributed by atoms with E-state index in [1.54, 1.807) is 12.4 Å². The van der Waals surface area contributed by atoms with Crippen molar-refractivity contribution in [3.8, 4) is 11.1 Å². The summed E-state index contributed by atoms with van der Waals surface area (Å²) in [5.41, 5.74) is 2.63. The number of hydrogen-bond acceptors (Lipinski definition) is 3. The van der Waals surface area contributed by atoms with Gasteiger partial charge in [-0.25, -0.2) is 0 Å². The van der Waals surface area contributed by atoms with Crippen molar-refractivity contribution < 1.29 is 4.79 Å². The molecule has 1 saturated heterocycles. The third kappa shape index (κ3) is 3.47. The molecule has 0 spiro atoms. The van der Waals surface area contributed by atoms with Crippen LogP contribution in [0.2, 0.25) is 0 Å². The van der Waals surface area contributed by atoms with E-state index in [9.17, 15) is 4.79 Å². The fraction of sp³-hybridized carbons (Fsp3) is 0.294. The molecule has 2 heterocycles. The van der Waals surface area contributed by atoms with Gasteiger partial charge in [0.25, 0.3) is 5.91 Å². The molecule has 1 amide bonds. The first-order valence-corrected chi connectivity index (χ1v) is 7.35. The van der Waals surface area contributed by atoms with Gasteiger partial charge in [0.1, 0.15) is 0 Å². The topological polar surface area (TPSA) is 54.0 Å². The van der Waals surface area contributed by atoms with Crippen LogP contribution in [0.4, 0.5) is 0 Å². The number of nitrogens with one attached hydrogen (secondary N) is 2. The first kappa shape index (κ1) is 13.8. The minimum Gasteiger partial charge on any atom is -0.350 e. The molecule has 1 aliphatic heterocycles. The minimum absolute atomic E-state index is 0.0611. The number of benzene rings is 1. The number of carbonyl (C=O) groups is 1. The van der Waals surface area contributed by atoms with Crippen LogP contribution in [0.25, 0.3) is 11.1 Å². The molecule has 1 unspecified atom stereocenters. The van der Waals surface area contributed by atoms with Gasteiger partial charge < -0.3 is 10.6 Å². The van der Waals surface area contributed by atoms with Crippen molar-refractivity contribution in [1.29, 1.82) is 0 Å². The number of hydrogen-bond donors (Lipinski definition) is 2. The molecule has 1 aromatic carbocycles. The van der Waals surface area contributed by atoms with Crippen LogP contribution in [0.1, 0.15) is 23.2 Å². The highest BCUT2D eigenvalue weighted by molar-refractivity contribution is 5.95. The molecule has 1 fully saturated rings. The smallest absolute Gasteiger partial charge is 0.252 e. The molecule has 0 bridgehead atoms. The van der Waals surface area contributed by atoms with Gasteiger partial charge in [0.15, 0.2) is 0 Å². The Kier molecular flexibility index (Phi) is 4.26. The summed E-state index contributed by atoms with van der Waals surface area (Å²) in [7, 11) is 0. The van der Waals surface area contributed by atoms with Crippen molar-refractivity contribution in [2.24, 2.45) is 0 Å². The van der Waals surface area contributed by atoms with Gasteiger partial charge in [-0.15, -0.1) is 0 Å². The maximum Gasteiger partial charge on any atom is 0.252 e. The number of pyridine rings is 1. The van der Waals surface area contributed by atoms with Gasteiger partial charge in [-0.2, -0.15) is 0 Å². The Hall–Kier alpha value is -2.20. The molecule has 2 aromatic rings. The highest BCUT2D eigenvalue weighted by atomic mass is 16.1. The molecule has 3 rings (SSSR count). The van der Waals surface area contributed by atoms with Crippen LogP contribution in [0, 0.1) is 0 Å². The van der Waals surface area contributed by atoms with Crippen molar-refractivity contribution in [2.75, 3.05) is 13.1 Å². The van der Waals surface area contributed by atoms with Crippen LogP contribution < -0.4 is 10.6 Å². The van der Waals surface area contributed by atoms with Crippen LogP contribution in [0.3, 0.4) is 0 Å². The second kappa shape index (κ2) is 6.50. The average Bonchev–Trinajstić information content (AvgIpc) is 3.07. The zero-order chi connectivity index (χ0) is 14.5. The van der Waals surface area contributed by atoms with Crippen molar-refractivity contribution in [3.05, 3.63) is 54.4 Å². The Balaban J connectivity index is 1.69. The molecule has 0 aliphatic carbocycles. The lowest BCUT2D eigenvalue weighted by atomic mass is 10.1. The van der Waals surface area contributed by atoms with Gasteiger partial charge in [-0.3, -0.25) is 9.78 Å². The molecular formula is C17H19N3O. The second-order valence-corrected chi connectivity index (χ2v) is 5.33. The molecule has 108 valence electrons. The lowest BCUT2D eigenvalue weighted by Crippen LogP contribution is -2.37. The van der Waals surface area contributed by atoms with Gasteiger partial charge in [-0.1, -0.05) is 30.3 Å². The summed E-state index contributed by atoms with van der Waals surface area (Å²) in [6.07, 6.45) is 5.71. The zero-order valence-corrected chi connectivity index (χ0v) is 11.9. The first-order chi connectivity index (χ1) is 10.3. The Morgan fingerprint density at radius 1 is 1.24 bits per heavy atom. The number of amides is 1. The Morgan fingerprint density at radius 3 is 2.86 bits per heavy atom. The van der Waals surface area contributed by atoms with E-state index in [2.05, 4.69) is 15.6 Å². The second-order valence-electron chi connectivity index (χ2n) is 5.33. The van der Waals surface area contributed by atoms with E-state index in [0.29, 0.717) is 18.2 Å². The predicted octanol–water partition coefficient (Wildman–Crippen LogP) is 2.23. The highest BCUT2D eigenvalue weighted by Gasteiger charge is 2.15. The minimum atomic E-state index is -0.0611. The average molecular weight is 281 g/mol. The van der Waals surface area contributed by atoms with E-state index < -0.39 is 0 Å². The molecule has 21 heavy (non-hydrogen) atoms. The maximum absolute atomic E-state index is 12.2. The molecule has 1 atom stereocenters. The number of rotatable bonds is 4. The monoisotopic (exact) mass is 281 g/mol.